The van der Waals surface area contributed by atoms with Crippen molar-refractivity contribution in [3.63, 3.8) is 0 Å². The third kappa shape index (κ3) is 2.36. The summed E-state index contributed by atoms with van der Waals surface area (Å²) in [5, 5.41) is 7.29. The van der Waals surface area contributed by atoms with Gasteiger partial charge in [-0.3, -0.25) is 0 Å². The highest BCUT2D eigenvalue weighted by molar-refractivity contribution is 7.90. The van der Waals surface area contributed by atoms with Crippen LogP contribution in [0, 0.1) is 5.41 Å². The number of nitrogens with one attached hydrogen (secondary N) is 1. The van der Waals surface area contributed by atoms with Gasteiger partial charge in [0, 0.05) is 10.6 Å². The highest BCUT2D eigenvalue weighted by atomic mass is 32.2. The van der Waals surface area contributed by atoms with E-state index < -0.39 is 10.8 Å². The van der Waals surface area contributed by atoms with Gasteiger partial charge in [0.15, 0.2) is 0 Å². The molecular formula is C10H11NOS. The largest absolute Gasteiger partial charge is 0.304 e. The maximum Gasteiger partial charge on any atom is 0.0861 e. The summed E-state index contributed by atoms with van der Waals surface area (Å²) in [5.41, 5.74) is 0.266. The lowest BCUT2D eigenvalue weighted by Crippen LogP contribution is -2.02. The standard InChI is InChI=1S/C10H11NOS/c1-8(11)9(2)13(12)10-6-4-3-5-7-10/h3-7,11H,2H2,1H3. The predicted octanol–water partition coefficient (Wildman–Crippen LogP) is 2.35. The molecule has 68 valence electrons. The third-order valence-electron chi connectivity index (χ3n) is 1.60. The van der Waals surface area contributed by atoms with Crippen molar-refractivity contribution >= 4 is 16.5 Å². The van der Waals surface area contributed by atoms with E-state index >= 15 is 0 Å². The summed E-state index contributed by atoms with van der Waals surface area (Å²) < 4.78 is 11.7. The van der Waals surface area contributed by atoms with Gasteiger partial charge in [0.1, 0.15) is 0 Å². The second-order valence-electron chi connectivity index (χ2n) is 2.63. The van der Waals surface area contributed by atoms with Crippen molar-refractivity contribution in [2.45, 2.75) is 11.8 Å². The topological polar surface area (TPSA) is 40.9 Å². The van der Waals surface area contributed by atoms with Crippen LogP contribution in [0.3, 0.4) is 0 Å². The fraction of sp³-hybridized carbons (Fsp3) is 0.100. The van der Waals surface area contributed by atoms with Crippen molar-refractivity contribution in [2.75, 3.05) is 0 Å². The number of hydrogen-bond acceptors (Lipinski definition) is 2. The Morgan fingerprint density at radius 2 is 1.92 bits per heavy atom. The summed E-state index contributed by atoms with van der Waals surface area (Å²) in [6.45, 7) is 5.19. The molecule has 0 saturated carbocycles. The molecule has 2 nitrogen and oxygen atoms in total. The summed E-state index contributed by atoms with van der Waals surface area (Å²) in [6, 6.07) is 9.04. The van der Waals surface area contributed by atoms with Crippen molar-refractivity contribution in [3.8, 4) is 0 Å². The minimum atomic E-state index is -1.28. The van der Waals surface area contributed by atoms with Crippen LogP contribution in [0.5, 0.6) is 0 Å². The average molecular weight is 193 g/mol. The van der Waals surface area contributed by atoms with E-state index in [-0.39, 0.29) is 5.71 Å². The van der Waals surface area contributed by atoms with Crippen molar-refractivity contribution in [3.05, 3.63) is 41.8 Å². The van der Waals surface area contributed by atoms with E-state index in [1.807, 2.05) is 18.2 Å². The van der Waals surface area contributed by atoms with Gasteiger partial charge in [-0.1, -0.05) is 24.8 Å². The predicted molar refractivity (Wildman–Crippen MR) is 55.4 cm³/mol. The van der Waals surface area contributed by atoms with Crippen LogP contribution in [0.15, 0.2) is 46.7 Å². The minimum Gasteiger partial charge on any atom is -0.304 e. The van der Waals surface area contributed by atoms with Crippen molar-refractivity contribution in [1.82, 2.24) is 0 Å². The molecule has 0 amide bonds. The van der Waals surface area contributed by atoms with Crippen molar-refractivity contribution in [1.29, 1.82) is 5.41 Å². The molecule has 0 bridgehead atoms. The monoisotopic (exact) mass is 193 g/mol. The Morgan fingerprint density at radius 1 is 1.38 bits per heavy atom. The van der Waals surface area contributed by atoms with Gasteiger partial charge in [0.2, 0.25) is 0 Å². The first-order valence-electron chi connectivity index (χ1n) is 3.84. The molecule has 13 heavy (non-hydrogen) atoms. The van der Waals surface area contributed by atoms with Gasteiger partial charge in [0.25, 0.3) is 0 Å². The zero-order valence-electron chi connectivity index (χ0n) is 7.41. The van der Waals surface area contributed by atoms with Gasteiger partial charge >= 0.3 is 0 Å². The SMILES string of the molecule is C=C(C(C)=N)S(=O)c1ccccc1. The summed E-state index contributed by atoms with van der Waals surface area (Å²) in [6.07, 6.45) is 0. The minimum absolute atomic E-state index is 0.266. The molecule has 1 unspecified atom stereocenters. The second kappa shape index (κ2) is 4.14. The first-order chi connectivity index (χ1) is 6.13. The number of allylic oxidation sites excluding steroid dienone is 1. The van der Waals surface area contributed by atoms with Crippen LogP contribution in [-0.4, -0.2) is 9.92 Å². The van der Waals surface area contributed by atoms with Gasteiger partial charge in [-0.2, -0.15) is 0 Å². The van der Waals surface area contributed by atoms with Crippen LogP contribution in [0.25, 0.3) is 0 Å². The van der Waals surface area contributed by atoms with Gasteiger partial charge in [-0.25, -0.2) is 4.21 Å². The molecular weight excluding hydrogens is 182 g/mol. The average Bonchev–Trinajstić information content (AvgIpc) is 2.17. The third-order valence-corrected chi connectivity index (χ3v) is 3.05. The molecule has 0 fully saturated rings. The molecule has 3 heteroatoms. The molecule has 0 heterocycles. The highest BCUT2D eigenvalue weighted by Crippen LogP contribution is 2.12. The molecule has 0 aromatic heterocycles. The van der Waals surface area contributed by atoms with Crippen LogP contribution < -0.4 is 0 Å². The first-order valence-corrected chi connectivity index (χ1v) is 4.99. The lowest BCUT2D eigenvalue weighted by Gasteiger charge is -2.02. The van der Waals surface area contributed by atoms with Crippen LogP contribution in [0.1, 0.15) is 6.92 Å². The van der Waals surface area contributed by atoms with E-state index in [2.05, 4.69) is 6.58 Å². The molecule has 1 N–H and O–H groups in total. The Hall–Kier alpha value is -1.22. The second-order valence-corrected chi connectivity index (χ2v) is 4.13. The fourth-order valence-electron chi connectivity index (χ4n) is 0.825. The van der Waals surface area contributed by atoms with E-state index in [1.54, 1.807) is 19.1 Å². The lowest BCUT2D eigenvalue weighted by atomic mass is 10.4. The van der Waals surface area contributed by atoms with E-state index in [4.69, 9.17) is 5.41 Å². The molecule has 0 spiro atoms. The molecule has 0 saturated heterocycles. The molecule has 0 aliphatic heterocycles. The summed E-state index contributed by atoms with van der Waals surface area (Å²) in [4.78, 5) is 1.06. The van der Waals surface area contributed by atoms with Crippen LogP contribution >= 0.6 is 0 Å². The van der Waals surface area contributed by atoms with Crippen LogP contribution in [0.4, 0.5) is 0 Å². The Labute approximate surface area is 80.3 Å². The van der Waals surface area contributed by atoms with Gasteiger partial charge in [-0.05, 0) is 19.1 Å². The van der Waals surface area contributed by atoms with E-state index in [1.165, 1.54) is 0 Å². The normalized spacial score (nSPS) is 12.1. The lowest BCUT2D eigenvalue weighted by molar-refractivity contribution is 0.687. The van der Waals surface area contributed by atoms with Gasteiger partial charge in [0.05, 0.1) is 15.7 Å². The molecule has 1 atom stereocenters. The quantitative estimate of drug-likeness (QED) is 0.735. The van der Waals surface area contributed by atoms with Crippen LogP contribution in [0.2, 0.25) is 0 Å². The summed E-state index contributed by atoms with van der Waals surface area (Å²) >= 11 is 0. The van der Waals surface area contributed by atoms with Crippen LogP contribution in [-0.2, 0) is 10.8 Å². The first kappa shape index (κ1) is 9.86. The zero-order valence-corrected chi connectivity index (χ0v) is 8.23. The summed E-state index contributed by atoms with van der Waals surface area (Å²) in [5.74, 6) is 0. The number of rotatable bonds is 3. The van der Waals surface area contributed by atoms with Gasteiger partial charge in [-0.15, -0.1) is 0 Å². The Bertz CT molecular complexity index is 356. The Kier molecular flexibility index (Phi) is 3.14. The van der Waals surface area contributed by atoms with E-state index in [0.29, 0.717) is 9.80 Å². The van der Waals surface area contributed by atoms with E-state index in [9.17, 15) is 4.21 Å². The van der Waals surface area contributed by atoms with Crippen molar-refractivity contribution in [2.24, 2.45) is 0 Å². The van der Waals surface area contributed by atoms with E-state index in [0.717, 1.165) is 0 Å². The highest BCUT2D eigenvalue weighted by Gasteiger charge is 2.08. The zero-order chi connectivity index (χ0) is 9.84. The maximum atomic E-state index is 11.7. The maximum absolute atomic E-state index is 11.7. The molecule has 1 aromatic carbocycles. The molecule has 1 rings (SSSR count). The molecule has 0 aliphatic rings. The molecule has 1 aromatic rings. The Morgan fingerprint density at radius 3 is 2.38 bits per heavy atom. The summed E-state index contributed by atoms with van der Waals surface area (Å²) in [7, 11) is -1.28. The number of hydrogen-bond donors (Lipinski definition) is 1. The Balaban J connectivity index is 2.93. The van der Waals surface area contributed by atoms with Crippen molar-refractivity contribution < 1.29 is 4.21 Å². The molecule has 0 aliphatic carbocycles. The fourth-order valence-corrected chi connectivity index (χ4v) is 1.79. The van der Waals surface area contributed by atoms with Gasteiger partial charge < -0.3 is 5.41 Å². The molecule has 0 radical (unpaired) electrons. The number of benzene rings is 1. The smallest absolute Gasteiger partial charge is 0.0861 e.